The molecule has 1 aliphatic heterocycles. The van der Waals surface area contributed by atoms with Crippen molar-refractivity contribution in [3.8, 4) is 11.5 Å². The van der Waals surface area contributed by atoms with Gasteiger partial charge in [0.25, 0.3) is 0 Å². The summed E-state index contributed by atoms with van der Waals surface area (Å²) < 4.78 is 10.9. The topological polar surface area (TPSA) is 38.7 Å². The number of hydrogen-bond acceptors (Lipinski definition) is 3. The van der Waals surface area contributed by atoms with E-state index in [1.165, 1.54) is 5.56 Å². The molecule has 0 aromatic heterocycles. The molecule has 0 bridgehead atoms. The second-order valence-corrected chi connectivity index (χ2v) is 3.31. The number of aliphatic hydroxyl groups is 1. The van der Waals surface area contributed by atoms with E-state index in [1.54, 1.807) is 0 Å². The molecule has 0 spiro atoms. The van der Waals surface area contributed by atoms with Gasteiger partial charge in [0.05, 0.1) is 0 Å². The van der Waals surface area contributed by atoms with Gasteiger partial charge in [-0.2, -0.15) is 0 Å². The molecule has 90 valence electrons. The molecule has 0 amide bonds. The van der Waals surface area contributed by atoms with Crippen molar-refractivity contribution in [1.29, 1.82) is 0 Å². The minimum atomic E-state index is 0.231. The molecule has 0 radical (unpaired) electrons. The van der Waals surface area contributed by atoms with E-state index in [2.05, 4.69) is 0 Å². The highest BCUT2D eigenvalue weighted by molar-refractivity contribution is 5.43. The first-order valence-corrected chi connectivity index (χ1v) is 5.89. The van der Waals surface area contributed by atoms with Gasteiger partial charge in [0.2, 0.25) is 0 Å². The third-order valence-corrected chi connectivity index (χ3v) is 2.23. The number of ether oxygens (including phenoxy) is 2. The molecule has 16 heavy (non-hydrogen) atoms. The Bertz CT molecular complexity index is 310. The predicted octanol–water partition coefficient (Wildman–Crippen LogP) is 2.41. The second kappa shape index (κ2) is 7.12. The van der Waals surface area contributed by atoms with Crippen molar-refractivity contribution in [1.82, 2.24) is 0 Å². The lowest BCUT2D eigenvalue weighted by Crippen LogP contribution is -2.15. The van der Waals surface area contributed by atoms with Crippen molar-refractivity contribution in [3.63, 3.8) is 0 Å². The molecule has 0 saturated heterocycles. The molecule has 3 heteroatoms. The van der Waals surface area contributed by atoms with Gasteiger partial charge >= 0.3 is 0 Å². The molecule has 1 N–H and O–H groups in total. The number of rotatable bonds is 3. The van der Waals surface area contributed by atoms with Crippen LogP contribution in [0.2, 0.25) is 0 Å². The fourth-order valence-corrected chi connectivity index (χ4v) is 1.53. The first-order valence-electron chi connectivity index (χ1n) is 5.89. The van der Waals surface area contributed by atoms with Crippen molar-refractivity contribution in [2.75, 3.05) is 19.8 Å². The Balaban J connectivity index is 0.000000606. The van der Waals surface area contributed by atoms with Crippen LogP contribution >= 0.6 is 0 Å². The average Bonchev–Trinajstić information content (AvgIpc) is 2.38. The summed E-state index contributed by atoms with van der Waals surface area (Å²) in [6, 6.07) is 5.94. The summed E-state index contributed by atoms with van der Waals surface area (Å²) in [7, 11) is 0. The second-order valence-electron chi connectivity index (χ2n) is 3.31. The molecular formula is C13H20O3. The summed E-state index contributed by atoms with van der Waals surface area (Å²) in [6.45, 7) is 5.48. The lowest BCUT2D eigenvalue weighted by Gasteiger charge is -2.18. The molecule has 1 heterocycles. The number of hydrogen-bond donors (Lipinski definition) is 1. The zero-order valence-corrected chi connectivity index (χ0v) is 10.0. The Morgan fingerprint density at radius 1 is 1.12 bits per heavy atom. The third kappa shape index (κ3) is 3.42. The Morgan fingerprint density at radius 3 is 2.50 bits per heavy atom. The number of fused-ring (bicyclic) bond motifs is 1. The number of benzene rings is 1. The lowest BCUT2D eigenvalue weighted by atomic mass is 10.1. The van der Waals surface area contributed by atoms with Crippen molar-refractivity contribution < 1.29 is 14.6 Å². The summed E-state index contributed by atoms with van der Waals surface area (Å²) in [6.07, 6.45) is 1.67. The molecule has 0 saturated carbocycles. The van der Waals surface area contributed by atoms with Gasteiger partial charge in [0.1, 0.15) is 13.2 Å². The molecule has 1 aromatic rings. The van der Waals surface area contributed by atoms with Crippen molar-refractivity contribution in [2.45, 2.75) is 26.7 Å². The maximum Gasteiger partial charge on any atom is 0.161 e. The van der Waals surface area contributed by atoms with Crippen LogP contribution in [-0.4, -0.2) is 24.9 Å². The van der Waals surface area contributed by atoms with Gasteiger partial charge in [-0.05, 0) is 30.5 Å². The molecule has 1 aromatic carbocycles. The highest BCUT2D eigenvalue weighted by atomic mass is 16.6. The smallest absolute Gasteiger partial charge is 0.161 e. The molecule has 0 unspecified atom stereocenters. The minimum Gasteiger partial charge on any atom is -0.486 e. The van der Waals surface area contributed by atoms with Gasteiger partial charge in [-0.25, -0.2) is 0 Å². The van der Waals surface area contributed by atoms with E-state index in [9.17, 15) is 0 Å². The lowest BCUT2D eigenvalue weighted by molar-refractivity contribution is 0.171. The van der Waals surface area contributed by atoms with E-state index in [1.807, 2.05) is 32.0 Å². The maximum absolute atomic E-state index is 8.71. The van der Waals surface area contributed by atoms with Crippen LogP contribution in [0.5, 0.6) is 11.5 Å². The summed E-state index contributed by atoms with van der Waals surface area (Å²) >= 11 is 0. The van der Waals surface area contributed by atoms with Crippen LogP contribution in [0.25, 0.3) is 0 Å². The molecule has 0 fully saturated rings. The summed E-state index contributed by atoms with van der Waals surface area (Å²) in [5.41, 5.74) is 1.18. The predicted molar refractivity (Wildman–Crippen MR) is 64.2 cm³/mol. The van der Waals surface area contributed by atoms with E-state index < -0.39 is 0 Å². The first-order chi connectivity index (χ1) is 7.90. The van der Waals surface area contributed by atoms with Crippen molar-refractivity contribution >= 4 is 0 Å². The van der Waals surface area contributed by atoms with Crippen molar-refractivity contribution in [3.05, 3.63) is 23.8 Å². The normalized spacial score (nSPS) is 12.7. The van der Waals surface area contributed by atoms with E-state index in [0.29, 0.717) is 13.2 Å². The Morgan fingerprint density at radius 2 is 1.81 bits per heavy atom. The molecular weight excluding hydrogens is 204 g/mol. The van der Waals surface area contributed by atoms with Crippen LogP contribution < -0.4 is 9.47 Å². The van der Waals surface area contributed by atoms with Gasteiger partial charge in [-0.3, -0.25) is 0 Å². The molecule has 0 aliphatic carbocycles. The first kappa shape index (κ1) is 12.8. The third-order valence-electron chi connectivity index (χ3n) is 2.23. The molecule has 0 atom stereocenters. The summed E-state index contributed by atoms with van der Waals surface area (Å²) in [5.74, 6) is 1.65. The highest BCUT2D eigenvalue weighted by Crippen LogP contribution is 2.30. The maximum atomic E-state index is 8.71. The van der Waals surface area contributed by atoms with Crippen LogP contribution in [0.15, 0.2) is 18.2 Å². The summed E-state index contributed by atoms with van der Waals surface area (Å²) in [4.78, 5) is 0. The number of aryl methyl sites for hydroxylation is 1. The summed E-state index contributed by atoms with van der Waals surface area (Å²) in [5, 5.41) is 8.71. The minimum absolute atomic E-state index is 0.231. The number of aliphatic hydroxyl groups excluding tert-OH is 1. The van der Waals surface area contributed by atoms with Gasteiger partial charge in [-0.15, -0.1) is 0 Å². The van der Waals surface area contributed by atoms with Gasteiger partial charge in [0, 0.05) is 6.61 Å². The fraction of sp³-hybridized carbons (Fsp3) is 0.538. The van der Waals surface area contributed by atoms with E-state index >= 15 is 0 Å². The van der Waals surface area contributed by atoms with Gasteiger partial charge in [0.15, 0.2) is 11.5 Å². The fourth-order valence-electron chi connectivity index (χ4n) is 1.53. The zero-order chi connectivity index (χ0) is 11.8. The van der Waals surface area contributed by atoms with Gasteiger partial charge in [-0.1, -0.05) is 19.9 Å². The monoisotopic (exact) mass is 224 g/mol. The quantitative estimate of drug-likeness (QED) is 0.857. The van der Waals surface area contributed by atoms with Crippen LogP contribution in [0, 0.1) is 0 Å². The van der Waals surface area contributed by atoms with E-state index in [-0.39, 0.29) is 6.61 Å². The van der Waals surface area contributed by atoms with Gasteiger partial charge < -0.3 is 14.6 Å². The van der Waals surface area contributed by atoms with E-state index in [0.717, 1.165) is 24.3 Å². The Kier molecular flexibility index (Phi) is 5.72. The largest absolute Gasteiger partial charge is 0.486 e. The van der Waals surface area contributed by atoms with Crippen LogP contribution in [0.4, 0.5) is 0 Å². The van der Waals surface area contributed by atoms with E-state index in [4.69, 9.17) is 14.6 Å². The van der Waals surface area contributed by atoms with Crippen LogP contribution in [-0.2, 0) is 6.42 Å². The Labute approximate surface area is 97.0 Å². The van der Waals surface area contributed by atoms with Crippen molar-refractivity contribution in [2.24, 2.45) is 0 Å². The van der Waals surface area contributed by atoms with Crippen LogP contribution in [0.1, 0.15) is 25.8 Å². The average molecular weight is 224 g/mol. The Hall–Kier alpha value is -1.22. The molecule has 2 rings (SSSR count). The standard InChI is InChI=1S/C11H14O3.C2H6/c12-5-1-2-9-3-4-10-11(8-9)14-7-6-13-10;1-2/h3-4,8,12H,1-2,5-7H2;1-2H3. The zero-order valence-electron chi connectivity index (χ0n) is 10.0. The molecule has 3 nitrogen and oxygen atoms in total. The molecule has 1 aliphatic rings. The highest BCUT2D eigenvalue weighted by Gasteiger charge is 2.11. The SMILES string of the molecule is CC.OCCCc1ccc2c(c1)OCCO2. The van der Waals surface area contributed by atoms with Crippen LogP contribution in [0.3, 0.4) is 0 Å².